The minimum atomic E-state index is -0.440. The van der Waals surface area contributed by atoms with Crippen molar-refractivity contribution >= 4 is 39.1 Å². The third-order valence-corrected chi connectivity index (χ3v) is 13.5. The number of likely N-dealkylation sites (N-methyl/N-ethyl adjacent to an activating group) is 1. The Labute approximate surface area is 312 Å². The number of aromatic nitrogens is 7. The number of hydrogen-bond donors (Lipinski definition) is 1. The van der Waals surface area contributed by atoms with Crippen molar-refractivity contribution in [1.82, 2.24) is 44.5 Å². The molecule has 1 amide bonds. The normalized spacial score (nSPS) is 22.0. The van der Waals surface area contributed by atoms with E-state index in [9.17, 15) is 10.1 Å². The molecule has 9 rings (SSSR count). The molecule has 0 saturated carbocycles. The van der Waals surface area contributed by atoms with Crippen LogP contribution >= 0.6 is 11.3 Å². The van der Waals surface area contributed by atoms with Crippen LogP contribution in [0.15, 0.2) is 10.7 Å². The summed E-state index contributed by atoms with van der Waals surface area (Å²) >= 11 is 1.55. The number of anilines is 2. The Hall–Kier alpha value is -4.81. The zero-order valence-electron chi connectivity index (χ0n) is 31.1. The average Bonchev–Trinajstić information content (AvgIpc) is 3.97. The molecule has 5 aromatic heterocycles. The van der Waals surface area contributed by atoms with E-state index in [-0.39, 0.29) is 11.9 Å². The van der Waals surface area contributed by atoms with Gasteiger partial charge in [0.2, 0.25) is 0 Å². The predicted octanol–water partition coefficient (Wildman–Crippen LogP) is 5.23. The number of thiophene rings is 1. The summed E-state index contributed by atoms with van der Waals surface area (Å²) < 4.78 is 10.5. The van der Waals surface area contributed by atoms with Gasteiger partial charge in [-0.05, 0) is 90.8 Å². The lowest BCUT2D eigenvalue weighted by Crippen LogP contribution is -2.35. The first-order valence-corrected chi connectivity index (χ1v) is 19.7. The van der Waals surface area contributed by atoms with Crippen LogP contribution in [0.2, 0.25) is 0 Å². The molecule has 2 N–H and O–H groups in total. The van der Waals surface area contributed by atoms with E-state index >= 15 is 0 Å². The number of amides is 1. The molecular weight excluding hydrogens is 689 g/mol. The van der Waals surface area contributed by atoms with Crippen LogP contribution in [0.1, 0.15) is 107 Å². The molecule has 2 aliphatic heterocycles. The second-order valence-corrected chi connectivity index (χ2v) is 16.8. The fourth-order valence-electron chi connectivity index (χ4n) is 9.72. The molecule has 4 aliphatic rings. The number of hydrogen-bond acceptors (Lipinski definition) is 12. The van der Waals surface area contributed by atoms with E-state index in [1.54, 1.807) is 30.3 Å². The maximum absolute atomic E-state index is 13.1. The van der Waals surface area contributed by atoms with Crippen LogP contribution in [0, 0.1) is 18.3 Å². The molecule has 1 fully saturated rings. The molecule has 0 aromatic carbocycles. The summed E-state index contributed by atoms with van der Waals surface area (Å²) in [6.45, 7) is 7.28. The molecule has 15 heteroatoms. The Balaban J connectivity index is 1.20. The fraction of sp³-hybridized carbons (Fsp3) is 0.553. The van der Waals surface area contributed by atoms with Gasteiger partial charge in [-0.2, -0.15) is 15.5 Å². The number of fused-ring (bicyclic) bond motifs is 6. The lowest BCUT2D eigenvalue weighted by Gasteiger charge is -2.39. The van der Waals surface area contributed by atoms with E-state index in [4.69, 9.17) is 35.6 Å². The standard InChI is InChI=1S/C38H46N12O2S/c1-21-27-20-48(16-9-17-49(27)44-30(21)37(51)46(3)4)35-25-19-41-50(22(2)26-11-8-15-47(26)5)36(25)43-34(42-35)31-23-10-6-13-38(32(23)52-45-31)14-7-12-28-29(38)24(18-39)33(40)53-28/h19,22,26H,6-17,20,40H2,1-5H3/t22-,26-,38-/m0/s1. The maximum Gasteiger partial charge on any atom is 0.274 e. The van der Waals surface area contributed by atoms with Crippen LogP contribution in [0.25, 0.3) is 22.6 Å². The highest BCUT2D eigenvalue weighted by atomic mass is 32.1. The van der Waals surface area contributed by atoms with Gasteiger partial charge in [-0.15, -0.1) is 11.3 Å². The molecule has 5 aromatic rings. The van der Waals surface area contributed by atoms with Gasteiger partial charge in [0.05, 0.1) is 40.8 Å². The van der Waals surface area contributed by atoms with Gasteiger partial charge >= 0.3 is 0 Å². The molecule has 276 valence electrons. The van der Waals surface area contributed by atoms with E-state index in [0.29, 0.717) is 46.9 Å². The minimum Gasteiger partial charge on any atom is -0.389 e. The van der Waals surface area contributed by atoms with Gasteiger partial charge < -0.3 is 25.0 Å². The zero-order chi connectivity index (χ0) is 36.8. The summed E-state index contributed by atoms with van der Waals surface area (Å²) in [6.07, 6.45) is 10.4. The Morgan fingerprint density at radius 2 is 1.96 bits per heavy atom. The molecule has 14 nitrogen and oxygen atoms in total. The van der Waals surface area contributed by atoms with E-state index < -0.39 is 5.41 Å². The van der Waals surface area contributed by atoms with Crippen molar-refractivity contribution in [2.75, 3.05) is 44.9 Å². The largest absolute Gasteiger partial charge is 0.389 e. The molecule has 7 heterocycles. The van der Waals surface area contributed by atoms with Gasteiger partial charge in [-0.1, -0.05) is 5.16 Å². The van der Waals surface area contributed by atoms with Gasteiger partial charge in [0.25, 0.3) is 5.91 Å². The first kappa shape index (κ1) is 34.0. The second kappa shape index (κ2) is 12.7. The van der Waals surface area contributed by atoms with Crippen LogP contribution < -0.4 is 10.6 Å². The van der Waals surface area contributed by atoms with Crippen LogP contribution in [-0.2, 0) is 31.3 Å². The Kier molecular flexibility index (Phi) is 8.12. The average molecular weight is 735 g/mol. The number of likely N-dealkylation sites (tertiary alicyclic amines) is 1. The highest BCUT2D eigenvalue weighted by Crippen LogP contribution is 2.55. The Morgan fingerprint density at radius 1 is 1.15 bits per heavy atom. The summed E-state index contributed by atoms with van der Waals surface area (Å²) in [7, 11) is 5.71. The summed E-state index contributed by atoms with van der Waals surface area (Å²) in [4.78, 5) is 31.2. The van der Waals surface area contributed by atoms with Crippen LogP contribution in [0.4, 0.5) is 10.8 Å². The van der Waals surface area contributed by atoms with Crippen molar-refractivity contribution in [3.05, 3.63) is 50.5 Å². The molecule has 2 aliphatic carbocycles. The molecule has 1 saturated heterocycles. The third kappa shape index (κ3) is 5.12. The first-order valence-electron chi connectivity index (χ1n) is 18.9. The van der Waals surface area contributed by atoms with Gasteiger partial charge in [-0.25, -0.2) is 14.6 Å². The summed E-state index contributed by atoms with van der Waals surface area (Å²) in [5.41, 5.74) is 12.5. The lowest BCUT2D eigenvalue weighted by atomic mass is 9.63. The van der Waals surface area contributed by atoms with Crippen molar-refractivity contribution in [3.63, 3.8) is 0 Å². The molecule has 3 atom stereocenters. The van der Waals surface area contributed by atoms with E-state index in [1.807, 2.05) is 17.8 Å². The minimum absolute atomic E-state index is 0.0895. The number of rotatable bonds is 5. The van der Waals surface area contributed by atoms with Crippen LogP contribution in [0.3, 0.4) is 0 Å². The molecule has 0 unspecified atom stereocenters. The number of nitrogens with zero attached hydrogens (tertiary/aromatic N) is 11. The summed E-state index contributed by atoms with van der Waals surface area (Å²) in [6, 6.07) is 2.86. The highest BCUT2D eigenvalue weighted by molar-refractivity contribution is 7.16. The molecule has 0 radical (unpaired) electrons. The van der Waals surface area contributed by atoms with E-state index in [2.05, 4.69) is 34.5 Å². The third-order valence-electron chi connectivity index (χ3n) is 12.4. The number of nitriles is 1. The van der Waals surface area contributed by atoms with Crippen molar-refractivity contribution in [2.24, 2.45) is 0 Å². The highest BCUT2D eigenvalue weighted by Gasteiger charge is 2.49. The van der Waals surface area contributed by atoms with E-state index in [0.717, 1.165) is 116 Å². The van der Waals surface area contributed by atoms with Gasteiger partial charge in [-0.3, -0.25) is 9.48 Å². The molecular formula is C38H46N12O2S. The number of carbonyl (C=O) groups is 1. The van der Waals surface area contributed by atoms with Crippen LogP contribution in [-0.4, -0.2) is 90.7 Å². The number of carbonyl (C=O) groups excluding carboxylic acids is 1. The number of nitrogens with two attached hydrogens (primary N) is 1. The topological polar surface area (TPSA) is 164 Å². The fourth-order valence-corrected chi connectivity index (χ4v) is 10.9. The van der Waals surface area contributed by atoms with Gasteiger partial charge in [0, 0.05) is 49.2 Å². The van der Waals surface area contributed by atoms with Crippen molar-refractivity contribution in [1.29, 1.82) is 5.26 Å². The molecule has 53 heavy (non-hydrogen) atoms. The number of nitrogen functional groups attached to an aromatic ring is 1. The van der Waals surface area contributed by atoms with Crippen LogP contribution in [0.5, 0.6) is 0 Å². The number of aryl methyl sites for hydroxylation is 2. The van der Waals surface area contributed by atoms with Gasteiger partial charge in [0.15, 0.2) is 28.6 Å². The smallest absolute Gasteiger partial charge is 0.274 e. The monoisotopic (exact) mass is 734 g/mol. The Bertz CT molecular complexity index is 2300. The van der Waals surface area contributed by atoms with Crippen molar-refractivity contribution in [3.8, 4) is 17.6 Å². The second-order valence-electron chi connectivity index (χ2n) is 15.6. The quantitative estimate of drug-likeness (QED) is 0.252. The SMILES string of the molecule is Cc1c(C(=O)N(C)C)nn2c1CN(c1nc(-c3noc4c3CCC[C@@]43CCCc4sc(N)c(C#N)c43)nc3c1cnn3[C@@H](C)[C@@H]1CCCN1C)CCC2. The Morgan fingerprint density at radius 3 is 2.72 bits per heavy atom. The van der Waals surface area contributed by atoms with E-state index in [1.165, 1.54) is 4.88 Å². The zero-order valence-corrected chi connectivity index (χ0v) is 32.0. The lowest BCUT2D eigenvalue weighted by molar-refractivity contribution is 0.0820. The van der Waals surface area contributed by atoms with Gasteiger partial charge in [0.1, 0.15) is 16.9 Å². The molecule has 0 bridgehead atoms. The molecule has 1 spiro atoms. The maximum atomic E-state index is 13.1. The summed E-state index contributed by atoms with van der Waals surface area (Å²) in [5, 5.41) is 26.3. The first-order chi connectivity index (χ1) is 25.6. The van der Waals surface area contributed by atoms with Crippen molar-refractivity contribution in [2.45, 2.75) is 102 Å². The predicted molar refractivity (Wildman–Crippen MR) is 202 cm³/mol. The summed E-state index contributed by atoms with van der Waals surface area (Å²) in [5.74, 6) is 2.04. The van der Waals surface area contributed by atoms with Crippen molar-refractivity contribution < 1.29 is 9.32 Å².